The van der Waals surface area contributed by atoms with Gasteiger partial charge in [0.2, 0.25) is 11.8 Å². The van der Waals surface area contributed by atoms with Gasteiger partial charge in [0.1, 0.15) is 6.04 Å². The van der Waals surface area contributed by atoms with Crippen molar-refractivity contribution in [3.63, 3.8) is 0 Å². The molecule has 2 amide bonds. The highest BCUT2D eigenvalue weighted by molar-refractivity contribution is 7.91. The van der Waals surface area contributed by atoms with Gasteiger partial charge in [0.05, 0.1) is 12.7 Å². The van der Waals surface area contributed by atoms with Crippen molar-refractivity contribution in [2.45, 2.75) is 17.2 Å². The highest BCUT2D eigenvalue weighted by atomic mass is 35.5. The van der Waals surface area contributed by atoms with E-state index >= 15 is 0 Å². The quantitative estimate of drug-likeness (QED) is 0.765. The van der Waals surface area contributed by atoms with Crippen LogP contribution < -0.4 is 5.32 Å². The van der Waals surface area contributed by atoms with Gasteiger partial charge in [-0.2, -0.15) is 4.31 Å². The van der Waals surface area contributed by atoms with Crippen LogP contribution in [0.3, 0.4) is 0 Å². The molecule has 98 valence electrons. The molecule has 10 heteroatoms. The molecule has 1 aliphatic heterocycles. The number of imide groups is 1. The van der Waals surface area contributed by atoms with Crippen LogP contribution in [-0.2, 0) is 19.6 Å². The predicted octanol–water partition coefficient (Wildman–Crippen LogP) is -0.168. The van der Waals surface area contributed by atoms with Crippen molar-refractivity contribution >= 4 is 44.8 Å². The van der Waals surface area contributed by atoms with E-state index in [1.807, 2.05) is 0 Å². The van der Waals surface area contributed by atoms with Crippen molar-refractivity contribution in [3.8, 4) is 0 Å². The van der Waals surface area contributed by atoms with Gasteiger partial charge in [0, 0.05) is 0 Å². The summed E-state index contributed by atoms with van der Waals surface area (Å²) in [6.45, 7) is 1.01. The van der Waals surface area contributed by atoms with Gasteiger partial charge in [-0.05, 0) is 6.92 Å². The van der Waals surface area contributed by atoms with Gasteiger partial charge < -0.3 is 0 Å². The molecule has 0 saturated carbocycles. The molecule has 1 aromatic heterocycles. The number of aromatic nitrogens is 1. The Morgan fingerprint density at radius 1 is 1.56 bits per heavy atom. The summed E-state index contributed by atoms with van der Waals surface area (Å²) in [7, 11) is -3.93. The molecule has 1 unspecified atom stereocenters. The maximum absolute atomic E-state index is 12.2. The number of carbonyl (C=O) groups is 2. The molecule has 1 aliphatic rings. The fourth-order valence-corrected chi connectivity index (χ4v) is 4.43. The first-order chi connectivity index (χ1) is 8.32. The summed E-state index contributed by atoms with van der Waals surface area (Å²) in [4.78, 5) is 26.3. The van der Waals surface area contributed by atoms with Crippen LogP contribution in [0.4, 0.5) is 0 Å². The Hall–Kier alpha value is -1.03. The Balaban J connectivity index is 2.40. The number of amides is 2. The molecule has 0 radical (unpaired) electrons. The number of hydrogen-bond donors (Lipinski definition) is 1. The molecule has 1 atom stereocenters. The average molecular weight is 310 g/mol. The Bertz CT molecular complexity index is 612. The van der Waals surface area contributed by atoms with Gasteiger partial charge in [-0.25, -0.2) is 13.4 Å². The van der Waals surface area contributed by atoms with Crippen molar-refractivity contribution in [1.82, 2.24) is 14.6 Å². The van der Waals surface area contributed by atoms with Crippen LogP contribution in [0.1, 0.15) is 6.92 Å². The van der Waals surface area contributed by atoms with E-state index in [0.717, 1.165) is 21.8 Å². The van der Waals surface area contributed by atoms with Crippen LogP contribution in [-0.4, -0.2) is 42.1 Å². The molecule has 0 bridgehead atoms. The van der Waals surface area contributed by atoms with Gasteiger partial charge in [0.25, 0.3) is 10.0 Å². The zero-order valence-corrected chi connectivity index (χ0v) is 11.5. The SMILES string of the molecule is CC1C(=O)NC(=O)CN1S(=O)(=O)c1cnc(Cl)s1. The summed E-state index contributed by atoms with van der Waals surface area (Å²) in [5, 5.41) is 2.07. The minimum atomic E-state index is -3.93. The van der Waals surface area contributed by atoms with E-state index in [1.165, 1.54) is 6.92 Å². The summed E-state index contributed by atoms with van der Waals surface area (Å²) in [5.74, 6) is -1.30. The lowest BCUT2D eigenvalue weighted by molar-refractivity contribution is -0.136. The summed E-state index contributed by atoms with van der Waals surface area (Å²) in [6, 6.07) is -0.950. The number of nitrogens with zero attached hydrogens (tertiary/aromatic N) is 2. The zero-order valence-electron chi connectivity index (χ0n) is 9.08. The maximum atomic E-state index is 12.2. The van der Waals surface area contributed by atoms with Crippen molar-refractivity contribution in [3.05, 3.63) is 10.7 Å². The zero-order chi connectivity index (χ0) is 13.5. The smallest absolute Gasteiger partial charge is 0.255 e. The second-order valence-corrected chi connectivity index (χ2v) is 7.30. The molecule has 0 aromatic carbocycles. The van der Waals surface area contributed by atoms with Crippen LogP contribution >= 0.6 is 22.9 Å². The first kappa shape index (κ1) is 13.4. The van der Waals surface area contributed by atoms with Gasteiger partial charge in [-0.3, -0.25) is 14.9 Å². The highest BCUT2D eigenvalue weighted by Gasteiger charge is 2.39. The lowest BCUT2D eigenvalue weighted by Gasteiger charge is -2.29. The van der Waals surface area contributed by atoms with E-state index in [0.29, 0.717) is 0 Å². The molecule has 18 heavy (non-hydrogen) atoms. The molecule has 7 nitrogen and oxygen atoms in total. The van der Waals surface area contributed by atoms with Crippen molar-refractivity contribution in [2.75, 3.05) is 6.54 Å². The molecule has 2 heterocycles. The second kappa shape index (κ2) is 4.57. The molecule has 0 spiro atoms. The fraction of sp³-hybridized carbons (Fsp3) is 0.375. The van der Waals surface area contributed by atoms with Crippen LogP contribution in [0.15, 0.2) is 10.4 Å². The van der Waals surface area contributed by atoms with Crippen molar-refractivity contribution in [2.24, 2.45) is 0 Å². The monoisotopic (exact) mass is 309 g/mol. The van der Waals surface area contributed by atoms with Gasteiger partial charge >= 0.3 is 0 Å². The van der Waals surface area contributed by atoms with E-state index in [2.05, 4.69) is 10.3 Å². The number of nitrogens with one attached hydrogen (secondary N) is 1. The lowest BCUT2D eigenvalue weighted by atomic mass is 10.2. The third-order valence-electron chi connectivity index (χ3n) is 2.39. The lowest BCUT2D eigenvalue weighted by Crippen LogP contribution is -2.58. The summed E-state index contributed by atoms with van der Waals surface area (Å²) in [6.07, 6.45) is 1.10. The minimum absolute atomic E-state index is 0.0778. The number of thiazole rings is 1. The highest BCUT2D eigenvalue weighted by Crippen LogP contribution is 2.27. The number of carbonyl (C=O) groups excluding carboxylic acids is 2. The van der Waals surface area contributed by atoms with E-state index in [-0.39, 0.29) is 8.68 Å². The Kier molecular flexibility index (Phi) is 3.41. The minimum Gasteiger partial charge on any atom is -0.294 e. The molecule has 1 fully saturated rings. The van der Waals surface area contributed by atoms with E-state index in [4.69, 9.17) is 11.6 Å². The van der Waals surface area contributed by atoms with Gasteiger partial charge in [-0.1, -0.05) is 22.9 Å². The summed E-state index contributed by atoms with van der Waals surface area (Å²) in [5.41, 5.74) is 0. The number of halogens is 1. The predicted molar refractivity (Wildman–Crippen MR) is 63.6 cm³/mol. The third kappa shape index (κ3) is 2.26. The molecular weight excluding hydrogens is 302 g/mol. The second-order valence-electron chi connectivity index (χ2n) is 3.57. The number of sulfonamides is 1. The van der Waals surface area contributed by atoms with Crippen molar-refractivity contribution in [1.29, 1.82) is 0 Å². The first-order valence-electron chi connectivity index (χ1n) is 4.79. The number of hydrogen-bond acceptors (Lipinski definition) is 6. The third-order valence-corrected chi connectivity index (χ3v) is 5.86. The van der Waals surface area contributed by atoms with E-state index < -0.39 is 34.4 Å². The van der Waals surface area contributed by atoms with Crippen molar-refractivity contribution < 1.29 is 18.0 Å². The topological polar surface area (TPSA) is 96.4 Å². The number of rotatable bonds is 2. The molecule has 1 saturated heterocycles. The molecule has 2 rings (SSSR count). The Morgan fingerprint density at radius 3 is 2.78 bits per heavy atom. The first-order valence-corrected chi connectivity index (χ1v) is 7.42. The Morgan fingerprint density at radius 2 is 2.22 bits per heavy atom. The standard InChI is InChI=1S/C8H8ClN3O4S2/c1-4-7(14)11-5(13)3-12(4)18(15,16)6-2-10-8(9)17-6/h2,4H,3H2,1H3,(H,11,13,14). The molecular formula is C8H8ClN3O4S2. The van der Waals surface area contributed by atoms with E-state index in [9.17, 15) is 18.0 Å². The van der Waals surface area contributed by atoms with Gasteiger partial charge in [0.15, 0.2) is 8.68 Å². The Labute approximate surface area is 112 Å². The summed E-state index contributed by atoms with van der Waals surface area (Å²) >= 11 is 6.35. The molecule has 1 aromatic rings. The summed E-state index contributed by atoms with van der Waals surface area (Å²) < 4.78 is 25.2. The maximum Gasteiger partial charge on any atom is 0.255 e. The van der Waals surface area contributed by atoms with Crippen LogP contribution in [0.2, 0.25) is 4.47 Å². The molecule has 0 aliphatic carbocycles. The average Bonchev–Trinajstić information content (AvgIpc) is 2.70. The van der Waals surface area contributed by atoms with Crippen LogP contribution in [0.25, 0.3) is 0 Å². The van der Waals surface area contributed by atoms with E-state index in [1.54, 1.807) is 0 Å². The van der Waals surface area contributed by atoms with Crippen LogP contribution in [0.5, 0.6) is 0 Å². The largest absolute Gasteiger partial charge is 0.294 e. The van der Waals surface area contributed by atoms with Gasteiger partial charge in [-0.15, -0.1) is 0 Å². The number of piperazine rings is 1. The van der Waals surface area contributed by atoms with Crippen LogP contribution in [0, 0.1) is 0 Å². The normalized spacial score (nSPS) is 22.0. The fourth-order valence-electron chi connectivity index (χ4n) is 1.46. The molecule has 1 N–H and O–H groups in total.